The molecule has 0 amide bonds. The summed E-state index contributed by atoms with van der Waals surface area (Å²) in [5.41, 5.74) is 1.37. The number of ether oxygens (including phenoxy) is 1. The third-order valence-corrected chi connectivity index (χ3v) is 4.08. The van der Waals surface area contributed by atoms with Crippen molar-refractivity contribution < 1.29 is 9.53 Å². The van der Waals surface area contributed by atoms with Crippen molar-refractivity contribution in [3.63, 3.8) is 0 Å². The van der Waals surface area contributed by atoms with E-state index in [0.29, 0.717) is 18.6 Å². The molecule has 4 heteroatoms. The van der Waals surface area contributed by atoms with Crippen LogP contribution in [0.25, 0.3) is 0 Å². The van der Waals surface area contributed by atoms with Crippen LogP contribution in [-0.2, 0) is 9.53 Å². The summed E-state index contributed by atoms with van der Waals surface area (Å²) in [5, 5.41) is 3.33. The molecule has 0 heterocycles. The summed E-state index contributed by atoms with van der Waals surface area (Å²) >= 11 is 3.50. The van der Waals surface area contributed by atoms with E-state index in [1.165, 1.54) is 5.56 Å². The number of nitrogens with one attached hydrogen (secondary N) is 1. The van der Waals surface area contributed by atoms with Gasteiger partial charge in [0.1, 0.15) is 6.04 Å². The van der Waals surface area contributed by atoms with Crippen LogP contribution in [0.2, 0.25) is 0 Å². The van der Waals surface area contributed by atoms with E-state index in [1.807, 2.05) is 19.9 Å². The van der Waals surface area contributed by atoms with Crippen LogP contribution in [0, 0.1) is 0 Å². The number of rotatable bonds is 5. The van der Waals surface area contributed by atoms with Gasteiger partial charge in [-0.3, -0.25) is 4.79 Å². The topological polar surface area (TPSA) is 38.3 Å². The first-order chi connectivity index (χ1) is 9.10. The minimum atomic E-state index is -0.214. The van der Waals surface area contributed by atoms with E-state index in [0.717, 1.165) is 17.3 Å². The normalized spacial score (nSPS) is 23.5. The van der Waals surface area contributed by atoms with Gasteiger partial charge in [-0.05, 0) is 50.3 Å². The van der Waals surface area contributed by atoms with E-state index in [1.54, 1.807) is 0 Å². The van der Waals surface area contributed by atoms with Crippen LogP contribution in [0.3, 0.4) is 0 Å². The molecule has 1 fully saturated rings. The van der Waals surface area contributed by atoms with E-state index >= 15 is 0 Å². The summed E-state index contributed by atoms with van der Waals surface area (Å²) in [6, 6.07) is 8.66. The van der Waals surface area contributed by atoms with Gasteiger partial charge in [-0.15, -0.1) is 0 Å². The minimum absolute atomic E-state index is 0.159. The lowest BCUT2D eigenvalue weighted by Crippen LogP contribution is -2.47. The highest BCUT2D eigenvalue weighted by Crippen LogP contribution is 2.37. The third kappa shape index (κ3) is 3.80. The third-order valence-electron chi connectivity index (χ3n) is 3.58. The molecule has 3 nitrogen and oxygen atoms in total. The Morgan fingerprint density at radius 2 is 2.26 bits per heavy atom. The second-order valence-electron chi connectivity index (χ2n) is 5.06. The zero-order valence-electron chi connectivity index (χ0n) is 11.4. The number of halogens is 1. The smallest absolute Gasteiger partial charge is 0.322 e. The highest BCUT2D eigenvalue weighted by molar-refractivity contribution is 9.10. The number of carbonyl (C=O) groups is 1. The maximum Gasteiger partial charge on any atom is 0.322 e. The largest absolute Gasteiger partial charge is 0.465 e. The van der Waals surface area contributed by atoms with Crippen LogP contribution >= 0.6 is 15.9 Å². The van der Waals surface area contributed by atoms with Crippen molar-refractivity contribution in [1.82, 2.24) is 5.32 Å². The molecular formula is C15H20BrNO2. The molecule has 0 saturated heterocycles. The quantitative estimate of drug-likeness (QED) is 0.844. The Morgan fingerprint density at radius 3 is 2.89 bits per heavy atom. The van der Waals surface area contributed by atoms with Crippen LogP contribution in [0.4, 0.5) is 0 Å². The predicted molar refractivity (Wildman–Crippen MR) is 79.1 cm³/mol. The van der Waals surface area contributed by atoms with Gasteiger partial charge in [0, 0.05) is 10.5 Å². The Balaban J connectivity index is 1.79. The first kappa shape index (κ1) is 14.5. The SMILES string of the molecule is CCOC(=O)C(C)NC1CC(c2cccc(Br)c2)C1. The lowest BCUT2D eigenvalue weighted by atomic mass is 9.75. The van der Waals surface area contributed by atoms with Crippen molar-refractivity contribution in [2.45, 2.75) is 44.7 Å². The second kappa shape index (κ2) is 6.53. The number of hydrogen-bond donors (Lipinski definition) is 1. The molecule has 19 heavy (non-hydrogen) atoms. The second-order valence-corrected chi connectivity index (χ2v) is 5.98. The summed E-state index contributed by atoms with van der Waals surface area (Å²) in [4.78, 5) is 11.5. The Labute approximate surface area is 122 Å². The van der Waals surface area contributed by atoms with Gasteiger partial charge in [0.2, 0.25) is 0 Å². The Bertz CT molecular complexity index is 444. The Morgan fingerprint density at radius 1 is 1.53 bits per heavy atom. The molecular weight excluding hydrogens is 306 g/mol. The van der Waals surface area contributed by atoms with Crippen molar-refractivity contribution in [1.29, 1.82) is 0 Å². The molecule has 0 aromatic heterocycles. The van der Waals surface area contributed by atoms with Gasteiger partial charge >= 0.3 is 5.97 Å². The van der Waals surface area contributed by atoms with Gasteiger partial charge in [-0.1, -0.05) is 28.1 Å². The lowest BCUT2D eigenvalue weighted by molar-refractivity contribution is -0.145. The standard InChI is InChI=1S/C15H20BrNO2/c1-3-19-15(18)10(2)17-14-8-12(9-14)11-5-4-6-13(16)7-11/h4-7,10,12,14,17H,3,8-9H2,1-2H3. The molecule has 1 aromatic rings. The summed E-state index contributed by atoms with van der Waals surface area (Å²) < 4.78 is 6.12. The molecule has 0 radical (unpaired) electrons. The molecule has 1 N–H and O–H groups in total. The van der Waals surface area contributed by atoms with E-state index < -0.39 is 0 Å². The minimum Gasteiger partial charge on any atom is -0.465 e. The summed E-state index contributed by atoms with van der Waals surface area (Å²) in [7, 11) is 0. The number of hydrogen-bond acceptors (Lipinski definition) is 3. The maximum absolute atomic E-state index is 11.5. The molecule has 0 bridgehead atoms. The van der Waals surface area contributed by atoms with E-state index in [2.05, 4.69) is 39.4 Å². The average Bonchev–Trinajstić information content (AvgIpc) is 2.33. The lowest BCUT2D eigenvalue weighted by Gasteiger charge is -2.37. The Hall–Kier alpha value is -0.870. The molecule has 1 atom stereocenters. The van der Waals surface area contributed by atoms with Crippen LogP contribution < -0.4 is 5.32 Å². The molecule has 1 saturated carbocycles. The van der Waals surface area contributed by atoms with Crippen molar-refractivity contribution in [3.05, 3.63) is 34.3 Å². The number of esters is 1. The predicted octanol–water partition coefficient (Wildman–Crippen LogP) is 3.24. The fourth-order valence-corrected chi connectivity index (χ4v) is 2.89. The summed E-state index contributed by atoms with van der Waals surface area (Å²) in [6.07, 6.45) is 2.17. The highest BCUT2D eigenvalue weighted by Gasteiger charge is 2.32. The van der Waals surface area contributed by atoms with Gasteiger partial charge in [-0.25, -0.2) is 0 Å². The zero-order chi connectivity index (χ0) is 13.8. The van der Waals surface area contributed by atoms with Crippen LogP contribution in [0.15, 0.2) is 28.7 Å². The van der Waals surface area contributed by atoms with E-state index in [4.69, 9.17) is 4.74 Å². The zero-order valence-corrected chi connectivity index (χ0v) is 12.9. The molecule has 1 aromatic carbocycles. The van der Waals surface area contributed by atoms with Gasteiger partial charge in [-0.2, -0.15) is 0 Å². The number of benzene rings is 1. The van der Waals surface area contributed by atoms with Crippen molar-refractivity contribution in [2.75, 3.05) is 6.61 Å². The van der Waals surface area contributed by atoms with Gasteiger partial charge in [0.15, 0.2) is 0 Å². The van der Waals surface area contributed by atoms with Crippen molar-refractivity contribution >= 4 is 21.9 Å². The van der Waals surface area contributed by atoms with Crippen molar-refractivity contribution in [3.8, 4) is 0 Å². The average molecular weight is 326 g/mol. The fourth-order valence-electron chi connectivity index (χ4n) is 2.48. The molecule has 1 unspecified atom stereocenters. The molecule has 1 aliphatic rings. The monoisotopic (exact) mass is 325 g/mol. The van der Waals surface area contributed by atoms with Crippen molar-refractivity contribution in [2.24, 2.45) is 0 Å². The molecule has 2 rings (SSSR count). The van der Waals surface area contributed by atoms with E-state index in [-0.39, 0.29) is 12.0 Å². The van der Waals surface area contributed by atoms with Gasteiger partial charge in [0.05, 0.1) is 6.61 Å². The van der Waals surface area contributed by atoms with E-state index in [9.17, 15) is 4.79 Å². The van der Waals surface area contributed by atoms with Crippen LogP contribution in [0.5, 0.6) is 0 Å². The fraction of sp³-hybridized carbons (Fsp3) is 0.533. The number of carbonyl (C=O) groups excluding carboxylic acids is 1. The molecule has 104 valence electrons. The first-order valence-corrected chi connectivity index (χ1v) is 7.57. The van der Waals surface area contributed by atoms with Crippen LogP contribution in [-0.4, -0.2) is 24.7 Å². The molecule has 0 spiro atoms. The van der Waals surface area contributed by atoms with Gasteiger partial charge in [0.25, 0.3) is 0 Å². The molecule has 0 aliphatic heterocycles. The maximum atomic E-state index is 11.5. The first-order valence-electron chi connectivity index (χ1n) is 6.78. The van der Waals surface area contributed by atoms with Crippen LogP contribution in [0.1, 0.15) is 38.2 Å². The van der Waals surface area contributed by atoms with Gasteiger partial charge < -0.3 is 10.1 Å². The summed E-state index contributed by atoms with van der Waals surface area (Å²) in [6.45, 7) is 4.14. The Kier molecular flexibility index (Phi) is 4.99. The highest BCUT2D eigenvalue weighted by atomic mass is 79.9. The molecule has 1 aliphatic carbocycles. The summed E-state index contributed by atoms with van der Waals surface area (Å²) in [5.74, 6) is 0.442.